The molecule has 0 atom stereocenters. The van der Waals surface area contributed by atoms with E-state index in [2.05, 4.69) is 15.0 Å². The van der Waals surface area contributed by atoms with Crippen LogP contribution in [-0.2, 0) is 0 Å². The number of piperidine rings is 1. The van der Waals surface area contributed by atoms with Crippen LogP contribution in [-0.4, -0.2) is 63.3 Å². The molecule has 5 heterocycles. The zero-order valence-corrected chi connectivity index (χ0v) is 16.4. The Morgan fingerprint density at radius 3 is 2.62 bits per heavy atom. The first kappa shape index (κ1) is 18.1. The van der Waals surface area contributed by atoms with Gasteiger partial charge in [-0.3, -0.25) is 4.79 Å². The lowest BCUT2D eigenvalue weighted by Crippen LogP contribution is -2.48. The molecule has 0 spiro atoms. The van der Waals surface area contributed by atoms with Crippen molar-refractivity contribution in [2.24, 2.45) is 5.92 Å². The number of pyridine rings is 2. The molecule has 7 heteroatoms. The highest BCUT2D eigenvalue weighted by Crippen LogP contribution is 2.27. The highest BCUT2D eigenvalue weighted by Gasteiger charge is 2.27. The molecule has 7 nitrogen and oxygen atoms in total. The van der Waals surface area contributed by atoms with Gasteiger partial charge in [0.05, 0.1) is 23.0 Å². The third kappa shape index (κ3) is 3.25. The summed E-state index contributed by atoms with van der Waals surface area (Å²) in [5.74, 6) is 1.35. The molecular formula is C22H25N5O2. The Labute approximate surface area is 169 Å². The first-order valence-electron chi connectivity index (χ1n) is 10.3. The molecule has 0 aromatic carbocycles. The van der Waals surface area contributed by atoms with Crippen molar-refractivity contribution in [2.75, 3.05) is 37.7 Å². The van der Waals surface area contributed by atoms with E-state index >= 15 is 0 Å². The molecule has 0 aliphatic carbocycles. The van der Waals surface area contributed by atoms with Gasteiger partial charge in [-0.15, -0.1) is 0 Å². The number of aliphatic hydroxyl groups excluding tert-OH is 1. The molecule has 150 valence electrons. The number of likely N-dealkylation sites (tertiary alicyclic amines) is 1. The van der Waals surface area contributed by atoms with E-state index in [1.54, 1.807) is 6.20 Å². The summed E-state index contributed by atoms with van der Waals surface area (Å²) in [7, 11) is 0. The summed E-state index contributed by atoms with van der Waals surface area (Å²) in [6.45, 7) is 3.58. The number of rotatable bonds is 4. The van der Waals surface area contributed by atoms with E-state index in [1.165, 1.54) is 6.42 Å². The topological polar surface area (TPSA) is 74.0 Å². The van der Waals surface area contributed by atoms with Crippen molar-refractivity contribution < 1.29 is 9.90 Å². The van der Waals surface area contributed by atoms with Gasteiger partial charge in [-0.25, -0.2) is 9.50 Å². The molecule has 2 aliphatic rings. The van der Waals surface area contributed by atoms with E-state index < -0.39 is 0 Å². The number of carbonyl (C=O) groups is 1. The van der Waals surface area contributed by atoms with E-state index in [4.69, 9.17) is 0 Å². The van der Waals surface area contributed by atoms with Gasteiger partial charge < -0.3 is 14.9 Å². The van der Waals surface area contributed by atoms with E-state index in [1.807, 2.05) is 45.9 Å². The predicted octanol–water partition coefficient (Wildman–Crippen LogP) is 2.45. The van der Waals surface area contributed by atoms with Crippen LogP contribution < -0.4 is 4.90 Å². The second kappa shape index (κ2) is 7.48. The maximum atomic E-state index is 13.0. The van der Waals surface area contributed by atoms with Gasteiger partial charge in [0.1, 0.15) is 5.82 Å². The SMILES string of the molecule is O=C(c1cnn2c(-c3ccc(N4CC(CO)C4)nc3)cccc12)N1CCCCC1. The molecule has 3 aromatic heterocycles. The number of amides is 1. The maximum absolute atomic E-state index is 13.0. The highest BCUT2D eigenvalue weighted by molar-refractivity contribution is 6.01. The van der Waals surface area contributed by atoms with Crippen molar-refractivity contribution in [3.8, 4) is 11.3 Å². The molecule has 2 aliphatic heterocycles. The Morgan fingerprint density at radius 1 is 1.07 bits per heavy atom. The summed E-state index contributed by atoms with van der Waals surface area (Å²) in [4.78, 5) is 21.7. The summed E-state index contributed by atoms with van der Waals surface area (Å²) in [5.41, 5.74) is 3.36. The summed E-state index contributed by atoms with van der Waals surface area (Å²) < 4.78 is 1.83. The number of aliphatic hydroxyl groups is 1. The lowest BCUT2D eigenvalue weighted by molar-refractivity contribution is 0.0726. The molecule has 3 aromatic rings. The largest absolute Gasteiger partial charge is 0.396 e. The quantitative estimate of drug-likeness (QED) is 0.740. The summed E-state index contributed by atoms with van der Waals surface area (Å²) >= 11 is 0. The number of hydrogen-bond acceptors (Lipinski definition) is 5. The van der Waals surface area contributed by atoms with Crippen molar-refractivity contribution in [3.05, 3.63) is 48.3 Å². The standard InChI is InChI=1S/C22H25N5O2/c28-15-16-13-26(14-16)21-8-7-17(11-23-21)19-5-4-6-20-18(12-24-27(19)20)22(29)25-9-2-1-3-10-25/h4-8,11-12,16,28H,1-3,9-10,13-15H2. The van der Waals surface area contributed by atoms with Crippen molar-refractivity contribution in [1.29, 1.82) is 0 Å². The molecule has 0 unspecified atom stereocenters. The third-order valence-corrected chi connectivity index (χ3v) is 6.00. The van der Waals surface area contributed by atoms with Crippen LogP contribution >= 0.6 is 0 Å². The van der Waals surface area contributed by atoms with Crippen LogP contribution in [0.2, 0.25) is 0 Å². The van der Waals surface area contributed by atoms with E-state index in [0.717, 1.165) is 61.6 Å². The first-order valence-corrected chi connectivity index (χ1v) is 10.3. The molecule has 5 rings (SSSR count). The second-order valence-corrected chi connectivity index (χ2v) is 7.98. The molecule has 0 bridgehead atoms. The fraction of sp³-hybridized carbons (Fsp3) is 0.409. The summed E-state index contributed by atoms with van der Waals surface area (Å²) in [6, 6.07) is 9.96. The Hall–Kier alpha value is -2.93. The van der Waals surface area contributed by atoms with Crippen LogP contribution in [0.5, 0.6) is 0 Å². The van der Waals surface area contributed by atoms with Crippen molar-refractivity contribution >= 4 is 17.2 Å². The van der Waals surface area contributed by atoms with Crippen LogP contribution in [0.4, 0.5) is 5.82 Å². The van der Waals surface area contributed by atoms with Gasteiger partial charge in [0.2, 0.25) is 0 Å². The zero-order valence-electron chi connectivity index (χ0n) is 16.4. The molecule has 29 heavy (non-hydrogen) atoms. The average molecular weight is 391 g/mol. The fourth-order valence-corrected chi connectivity index (χ4v) is 4.26. The molecule has 1 N–H and O–H groups in total. The minimum Gasteiger partial charge on any atom is -0.396 e. The van der Waals surface area contributed by atoms with E-state index in [9.17, 15) is 9.90 Å². The second-order valence-electron chi connectivity index (χ2n) is 7.98. The van der Waals surface area contributed by atoms with Gasteiger partial charge in [0.25, 0.3) is 5.91 Å². The lowest BCUT2D eigenvalue weighted by Gasteiger charge is -2.39. The van der Waals surface area contributed by atoms with E-state index in [-0.39, 0.29) is 12.5 Å². The molecule has 0 radical (unpaired) electrons. The number of nitrogens with zero attached hydrogens (tertiary/aromatic N) is 5. The van der Waals surface area contributed by atoms with Gasteiger partial charge in [-0.05, 0) is 43.5 Å². The minimum absolute atomic E-state index is 0.0709. The highest BCUT2D eigenvalue weighted by atomic mass is 16.3. The van der Waals surface area contributed by atoms with Crippen LogP contribution in [0.25, 0.3) is 16.8 Å². The van der Waals surface area contributed by atoms with Gasteiger partial charge in [0.15, 0.2) is 0 Å². The Balaban J connectivity index is 1.42. The Morgan fingerprint density at radius 2 is 1.90 bits per heavy atom. The van der Waals surface area contributed by atoms with Crippen LogP contribution in [0.15, 0.2) is 42.7 Å². The number of hydrogen-bond donors (Lipinski definition) is 1. The van der Waals surface area contributed by atoms with Crippen LogP contribution in [0.1, 0.15) is 29.6 Å². The molecule has 0 saturated carbocycles. The van der Waals surface area contributed by atoms with Crippen molar-refractivity contribution in [2.45, 2.75) is 19.3 Å². The summed E-state index contributed by atoms with van der Waals surface area (Å²) in [6.07, 6.45) is 6.88. The third-order valence-electron chi connectivity index (χ3n) is 6.00. The van der Waals surface area contributed by atoms with E-state index in [0.29, 0.717) is 11.5 Å². The van der Waals surface area contributed by atoms with Gasteiger partial charge in [-0.2, -0.15) is 5.10 Å². The van der Waals surface area contributed by atoms with Gasteiger partial charge >= 0.3 is 0 Å². The number of carbonyl (C=O) groups excluding carboxylic acids is 1. The van der Waals surface area contributed by atoms with Gasteiger partial charge in [-0.1, -0.05) is 6.07 Å². The Bertz CT molecular complexity index is 1020. The number of anilines is 1. The van der Waals surface area contributed by atoms with Crippen molar-refractivity contribution in [1.82, 2.24) is 19.5 Å². The molecule has 2 saturated heterocycles. The maximum Gasteiger partial charge on any atom is 0.257 e. The van der Waals surface area contributed by atoms with Crippen LogP contribution in [0.3, 0.4) is 0 Å². The average Bonchev–Trinajstić information content (AvgIpc) is 3.18. The van der Waals surface area contributed by atoms with Gasteiger partial charge in [0, 0.05) is 50.5 Å². The summed E-state index contributed by atoms with van der Waals surface area (Å²) in [5, 5.41) is 13.7. The smallest absolute Gasteiger partial charge is 0.257 e. The fourth-order valence-electron chi connectivity index (χ4n) is 4.26. The number of fused-ring (bicyclic) bond motifs is 1. The zero-order chi connectivity index (χ0) is 19.8. The number of aromatic nitrogens is 3. The van der Waals surface area contributed by atoms with Crippen molar-refractivity contribution in [3.63, 3.8) is 0 Å². The first-order chi connectivity index (χ1) is 14.2. The van der Waals surface area contributed by atoms with Crippen LogP contribution in [0, 0.1) is 5.92 Å². The lowest BCUT2D eigenvalue weighted by atomic mass is 10.0. The predicted molar refractivity (Wildman–Crippen MR) is 111 cm³/mol. The minimum atomic E-state index is 0.0709. The molecule has 2 fully saturated rings. The normalized spacial score (nSPS) is 17.6. The molecular weight excluding hydrogens is 366 g/mol. The molecule has 1 amide bonds. The monoisotopic (exact) mass is 391 g/mol. The Kier molecular flexibility index (Phi) is 4.67.